The third-order valence-electron chi connectivity index (χ3n) is 3.25. The lowest BCUT2D eigenvalue weighted by Gasteiger charge is -2.16. The van der Waals surface area contributed by atoms with Crippen LogP contribution in [0.1, 0.15) is 11.1 Å². The molecule has 23 heavy (non-hydrogen) atoms. The van der Waals surface area contributed by atoms with Gasteiger partial charge in [-0.15, -0.1) is 0 Å². The molecule has 3 N–H and O–H groups in total. The number of hydrogen-bond acceptors (Lipinski definition) is 3. The molecule has 7 heteroatoms. The first-order valence-electron chi connectivity index (χ1n) is 6.94. The number of carbonyl (C=O) groups excluding carboxylic acids is 1. The Kier molecular flexibility index (Phi) is 5.76. The van der Waals surface area contributed by atoms with Gasteiger partial charge in [0.05, 0.1) is 5.75 Å². The monoisotopic (exact) mass is 352 g/mol. The molecule has 0 unspecified atom stereocenters. The van der Waals surface area contributed by atoms with Gasteiger partial charge in [0.15, 0.2) is 0 Å². The lowest BCUT2D eigenvalue weighted by molar-refractivity contribution is -0.119. The van der Waals surface area contributed by atoms with Gasteiger partial charge in [0, 0.05) is 5.02 Å². The van der Waals surface area contributed by atoms with Crippen molar-refractivity contribution in [2.24, 2.45) is 5.73 Å². The lowest BCUT2D eigenvalue weighted by atomic mass is 10.1. The van der Waals surface area contributed by atoms with E-state index >= 15 is 0 Å². The number of sulfonamides is 1. The Balaban J connectivity index is 2.12. The SMILES string of the molecule is NC(=O)[C@@H](Cc1ccccc1)NS(=O)(=O)Cc1ccccc1Cl. The van der Waals surface area contributed by atoms with Crippen molar-refractivity contribution in [3.63, 3.8) is 0 Å². The zero-order chi connectivity index (χ0) is 16.9. The molecule has 2 aromatic rings. The predicted octanol–water partition coefficient (Wildman–Crippen LogP) is 1.86. The van der Waals surface area contributed by atoms with Crippen LogP contribution in [0.3, 0.4) is 0 Å². The van der Waals surface area contributed by atoms with E-state index in [4.69, 9.17) is 17.3 Å². The highest BCUT2D eigenvalue weighted by Gasteiger charge is 2.23. The molecular weight excluding hydrogens is 336 g/mol. The van der Waals surface area contributed by atoms with Gasteiger partial charge < -0.3 is 5.73 Å². The van der Waals surface area contributed by atoms with Crippen molar-refractivity contribution in [1.29, 1.82) is 0 Å². The van der Waals surface area contributed by atoms with Gasteiger partial charge >= 0.3 is 0 Å². The summed E-state index contributed by atoms with van der Waals surface area (Å²) < 4.78 is 26.9. The largest absolute Gasteiger partial charge is 0.368 e. The van der Waals surface area contributed by atoms with E-state index in [9.17, 15) is 13.2 Å². The van der Waals surface area contributed by atoms with Crippen LogP contribution >= 0.6 is 11.6 Å². The molecule has 0 spiro atoms. The highest BCUT2D eigenvalue weighted by atomic mass is 35.5. The third kappa shape index (κ3) is 5.35. The molecule has 0 saturated heterocycles. The first-order valence-corrected chi connectivity index (χ1v) is 8.97. The Bertz CT molecular complexity index is 779. The summed E-state index contributed by atoms with van der Waals surface area (Å²) in [4.78, 5) is 11.6. The molecule has 0 heterocycles. The smallest absolute Gasteiger partial charge is 0.235 e. The Morgan fingerprint density at radius 1 is 1.09 bits per heavy atom. The molecular formula is C16H17ClN2O3S. The van der Waals surface area contributed by atoms with Crippen LogP contribution in [0.2, 0.25) is 5.02 Å². The average molecular weight is 353 g/mol. The zero-order valence-corrected chi connectivity index (χ0v) is 13.8. The molecule has 0 radical (unpaired) electrons. The first kappa shape index (κ1) is 17.5. The van der Waals surface area contributed by atoms with Crippen LogP contribution < -0.4 is 10.5 Å². The minimum atomic E-state index is -3.76. The van der Waals surface area contributed by atoms with Crippen LogP contribution in [0.4, 0.5) is 0 Å². The number of halogens is 1. The zero-order valence-electron chi connectivity index (χ0n) is 12.3. The van der Waals surface area contributed by atoms with Crippen molar-refractivity contribution in [1.82, 2.24) is 4.72 Å². The van der Waals surface area contributed by atoms with E-state index < -0.39 is 22.0 Å². The van der Waals surface area contributed by atoms with Crippen LogP contribution in [0.25, 0.3) is 0 Å². The van der Waals surface area contributed by atoms with Gasteiger partial charge in [-0.05, 0) is 23.6 Å². The van der Waals surface area contributed by atoms with Crippen molar-refractivity contribution in [2.45, 2.75) is 18.2 Å². The Morgan fingerprint density at radius 3 is 2.30 bits per heavy atom. The van der Waals surface area contributed by atoms with Gasteiger partial charge in [-0.2, -0.15) is 0 Å². The summed E-state index contributed by atoms with van der Waals surface area (Å²) in [5.74, 6) is -1.04. The molecule has 0 aromatic heterocycles. The van der Waals surface area contributed by atoms with Crippen molar-refractivity contribution in [2.75, 3.05) is 0 Å². The fourth-order valence-corrected chi connectivity index (χ4v) is 3.79. The number of primary amides is 1. The number of amides is 1. The summed E-state index contributed by atoms with van der Waals surface area (Å²) in [6.07, 6.45) is 0.192. The van der Waals surface area contributed by atoms with E-state index in [2.05, 4.69) is 4.72 Å². The minimum Gasteiger partial charge on any atom is -0.368 e. The Hall–Kier alpha value is -1.89. The summed E-state index contributed by atoms with van der Waals surface area (Å²) in [6, 6.07) is 14.7. The van der Waals surface area contributed by atoms with E-state index in [0.29, 0.717) is 10.6 Å². The average Bonchev–Trinajstić information content (AvgIpc) is 2.49. The molecule has 0 fully saturated rings. The maximum absolute atomic E-state index is 12.3. The van der Waals surface area contributed by atoms with Gasteiger partial charge in [-0.25, -0.2) is 13.1 Å². The minimum absolute atomic E-state index is 0.192. The fraction of sp³-hybridized carbons (Fsp3) is 0.188. The molecule has 5 nitrogen and oxygen atoms in total. The van der Waals surface area contributed by atoms with Crippen LogP contribution in [-0.2, 0) is 27.0 Å². The van der Waals surface area contributed by atoms with Gasteiger partial charge in [0.25, 0.3) is 0 Å². The molecule has 0 aliphatic carbocycles. The summed E-state index contributed by atoms with van der Waals surface area (Å²) in [5.41, 5.74) is 6.60. The van der Waals surface area contributed by atoms with Crippen LogP contribution in [0, 0.1) is 0 Å². The molecule has 2 aromatic carbocycles. The molecule has 2 rings (SSSR count). The number of benzene rings is 2. The molecule has 1 atom stereocenters. The number of nitrogens with two attached hydrogens (primary N) is 1. The van der Waals surface area contributed by atoms with Gasteiger partial charge in [-0.1, -0.05) is 60.1 Å². The highest BCUT2D eigenvalue weighted by Crippen LogP contribution is 2.17. The summed E-state index contributed by atoms with van der Waals surface area (Å²) in [6.45, 7) is 0. The Morgan fingerprint density at radius 2 is 1.70 bits per heavy atom. The molecule has 0 aliphatic heterocycles. The molecule has 0 aliphatic rings. The number of hydrogen-bond donors (Lipinski definition) is 2. The molecule has 122 valence electrons. The second-order valence-electron chi connectivity index (χ2n) is 5.11. The Labute approximate surface area is 140 Å². The second kappa shape index (κ2) is 7.59. The molecule has 1 amide bonds. The molecule has 0 bridgehead atoms. The van der Waals surface area contributed by atoms with E-state index in [-0.39, 0.29) is 12.2 Å². The summed E-state index contributed by atoms with van der Waals surface area (Å²) in [5, 5.41) is 0.358. The quantitative estimate of drug-likeness (QED) is 0.797. The highest BCUT2D eigenvalue weighted by molar-refractivity contribution is 7.88. The van der Waals surface area contributed by atoms with E-state index in [1.54, 1.807) is 36.4 Å². The lowest BCUT2D eigenvalue weighted by Crippen LogP contribution is -2.46. The van der Waals surface area contributed by atoms with Crippen molar-refractivity contribution in [3.05, 3.63) is 70.7 Å². The molecule has 0 saturated carbocycles. The maximum Gasteiger partial charge on any atom is 0.235 e. The van der Waals surface area contributed by atoms with Crippen molar-refractivity contribution < 1.29 is 13.2 Å². The summed E-state index contributed by atoms with van der Waals surface area (Å²) >= 11 is 5.98. The first-order chi connectivity index (χ1) is 10.9. The van der Waals surface area contributed by atoms with E-state index in [1.165, 1.54) is 0 Å². The van der Waals surface area contributed by atoms with Gasteiger partial charge in [-0.3, -0.25) is 4.79 Å². The van der Waals surface area contributed by atoms with Crippen LogP contribution in [-0.4, -0.2) is 20.4 Å². The van der Waals surface area contributed by atoms with Crippen molar-refractivity contribution >= 4 is 27.5 Å². The van der Waals surface area contributed by atoms with Crippen molar-refractivity contribution in [3.8, 4) is 0 Å². The fourth-order valence-electron chi connectivity index (χ4n) is 2.13. The van der Waals surface area contributed by atoms with E-state index in [1.807, 2.05) is 18.2 Å². The number of rotatable bonds is 7. The topological polar surface area (TPSA) is 89.3 Å². The van der Waals surface area contributed by atoms with Crippen LogP contribution in [0.15, 0.2) is 54.6 Å². The van der Waals surface area contributed by atoms with Crippen LogP contribution in [0.5, 0.6) is 0 Å². The third-order valence-corrected chi connectivity index (χ3v) is 4.95. The van der Waals surface area contributed by atoms with E-state index in [0.717, 1.165) is 5.56 Å². The van der Waals surface area contributed by atoms with Gasteiger partial charge in [0.1, 0.15) is 6.04 Å². The van der Waals surface area contributed by atoms with Gasteiger partial charge in [0.2, 0.25) is 15.9 Å². The normalized spacial score (nSPS) is 12.7. The maximum atomic E-state index is 12.3. The summed E-state index contributed by atoms with van der Waals surface area (Å²) in [7, 11) is -3.76. The number of carbonyl (C=O) groups is 1. The second-order valence-corrected chi connectivity index (χ2v) is 7.27. The predicted molar refractivity (Wildman–Crippen MR) is 90.3 cm³/mol. The number of nitrogens with one attached hydrogen (secondary N) is 1. The standard InChI is InChI=1S/C16H17ClN2O3S/c17-14-9-5-4-8-13(14)11-23(21,22)19-15(16(18)20)10-12-6-2-1-3-7-12/h1-9,15,19H,10-11H2,(H2,18,20)/t15-/m1/s1.